The van der Waals surface area contributed by atoms with Gasteiger partial charge in [0, 0.05) is 6.20 Å². The van der Waals surface area contributed by atoms with E-state index in [9.17, 15) is 10.2 Å². The van der Waals surface area contributed by atoms with Crippen molar-refractivity contribution < 1.29 is 26.7 Å². The maximum Gasteiger partial charge on any atom is 2.00 e. The molecule has 196 valence electrons. The first-order valence-electron chi connectivity index (χ1n) is 11.5. The molecule has 0 saturated carbocycles. The average molecular weight is 572 g/mol. The summed E-state index contributed by atoms with van der Waals surface area (Å²) in [5.41, 5.74) is 4.90. The third-order valence-electron chi connectivity index (χ3n) is 5.55. The Morgan fingerprint density at radius 1 is 0.778 bits per heavy atom. The van der Waals surface area contributed by atoms with Crippen molar-refractivity contribution in [2.45, 2.75) is 73.1 Å². The number of hydrogen-bond acceptors (Lipinski definition) is 4. The predicted molar refractivity (Wildman–Crippen MR) is 145 cm³/mol. The van der Waals surface area contributed by atoms with Crippen LogP contribution in [0.25, 0.3) is 0 Å². The monoisotopic (exact) mass is 570 g/mol. The maximum absolute atomic E-state index is 12.2. The second-order valence-corrected chi connectivity index (χ2v) is 11.4. The molecule has 0 radical (unpaired) electrons. The van der Waals surface area contributed by atoms with Gasteiger partial charge in [-0.05, 0) is 66.0 Å². The van der Waals surface area contributed by atoms with E-state index in [2.05, 4.69) is 42.0 Å². The van der Waals surface area contributed by atoms with Gasteiger partial charge in [0.15, 0.2) is 0 Å². The Morgan fingerprint density at radius 2 is 1.22 bits per heavy atom. The SMILES string of the molecule is CC(=Nc1c(C)cccc1C)c1ccccn1.CC(C)(C)c1c([O-])c([O-])c(C(C)(C)C)c(Cl)c1Cl.[Ni+2]. The minimum absolute atomic E-state index is 0. The summed E-state index contributed by atoms with van der Waals surface area (Å²) in [6.45, 7) is 17.2. The van der Waals surface area contributed by atoms with Gasteiger partial charge in [-0.15, -0.1) is 11.5 Å². The molecule has 1 aromatic heterocycles. The van der Waals surface area contributed by atoms with E-state index in [0.29, 0.717) is 11.1 Å². The molecular formula is C29H34Cl2N2NiO2. The van der Waals surface area contributed by atoms with Crippen LogP contribution in [0, 0.1) is 13.8 Å². The van der Waals surface area contributed by atoms with Gasteiger partial charge in [0.2, 0.25) is 0 Å². The summed E-state index contributed by atoms with van der Waals surface area (Å²) in [5, 5.41) is 24.8. The Kier molecular flexibility index (Phi) is 11.1. The van der Waals surface area contributed by atoms with Crippen molar-refractivity contribution >= 4 is 34.6 Å². The molecule has 0 aliphatic carbocycles. The van der Waals surface area contributed by atoms with Crippen molar-refractivity contribution in [1.82, 2.24) is 4.98 Å². The van der Waals surface area contributed by atoms with E-state index in [1.807, 2.05) is 66.7 Å². The van der Waals surface area contributed by atoms with Crippen molar-refractivity contribution in [3.63, 3.8) is 0 Å². The second-order valence-electron chi connectivity index (χ2n) is 10.7. The number of hydrogen-bond donors (Lipinski definition) is 0. The van der Waals surface area contributed by atoms with E-state index in [-0.39, 0.29) is 26.5 Å². The van der Waals surface area contributed by atoms with Crippen LogP contribution in [0.2, 0.25) is 10.0 Å². The zero-order valence-corrected chi connectivity index (χ0v) is 24.8. The molecule has 0 saturated heterocycles. The first-order valence-corrected chi connectivity index (χ1v) is 12.3. The Morgan fingerprint density at radius 3 is 1.58 bits per heavy atom. The van der Waals surface area contributed by atoms with Gasteiger partial charge in [-0.2, -0.15) is 0 Å². The fraction of sp³-hybridized carbons (Fsp3) is 0.379. The third kappa shape index (κ3) is 7.48. The van der Waals surface area contributed by atoms with Crippen LogP contribution in [0.4, 0.5) is 5.69 Å². The van der Waals surface area contributed by atoms with Crippen LogP contribution in [0.1, 0.15) is 76.4 Å². The summed E-state index contributed by atoms with van der Waals surface area (Å²) in [6, 6.07) is 12.1. The van der Waals surface area contributed by atoms with Gasteiger partial charge in [-0.1, -0.05) is 89.0 Å². The van der Waals surface area contributed by atoms with Crippen LogP contribution in [-0.2, 0) is 27.3 Å². The van der Waals surface area contributed by atoms with E-state index < -0.39 is 22.3 Å². The summed E-state index contributed by atoms with van der Waals surface area (Å²) in [7, 11) is 0. The predicted octanol–water partition coefficient (Wildman–Crippen LogP) is 7.57. The number of aryl methyl sites for hydroxylation is 2. The minimum atomic E-state index is -0.540. The van der Waals surface area contributed by atoms with E-state index in [1.54, 1.807) is 6.20 Å². The van der Waals surface area contributed by atoms with E-state index in [1.165, 1.54) is 11.1 Å². The quantitative estimate of drug-likeness (QED) is 0.235. The average Bonchev–Trinajstić information content (AvgIpc) is 2.74. The zero-order chi connectivity index (χ0) is 26.7. The number of pyridine rings is 1. The molecule has 3 rings (SSSR count). The number of benzene rings is 2. The standard InChI is InChI=1S/C15H16N2.C14H20Cl2O2.Ni/c1-11-7-6-8-12(2)15(11)17-13(3)14-9-4-5-10-16-14;1-13(2,3)7-9(15)10(16)8(14(4,5)6)12(18)11(7)17;/h4-10H,1-3H3;17-18H,1-6H3;/q;;+2/p-2. The van der Waals surface area contributed by atoms with Crippen molar-refractivity contribution in [2.75, 3.05) is 0 Å². The van der Waals surface area contributed by atoms with Crippen LogP contribution >= 0.6 is 23.2 Å². The first kappa shape index (κ1) is 32.0. The van der Waals surface area contributed by atoms with Crippen molar-refractivity contribution in [1.29, 1.82) is 0 Å². The molecule has 0 amide bonds. The van der Waals surface area contributed by atoms with Crippen LogP contribution in [-0.4, -0.2) is 10.7 Å². The molecule has 0 spiro atoms. The van der Waals surface area contributed by atoms with Crippen LogP contribution < -0.4 is 10.2 Å². The molecule has 0 bridgehead atoms. The van der Waals surface area contributed by atoms with E-state index in [4.69, 9.17) is 23.2 Å². The van der Waals surface area contributed by atoms with Crippen LogP contribution in [0.15, 0.2) is 47.6 Å². The molecular weight excluding hydrogens is 538 g/mol. The largest absolute Gasteiger partial charge is 2.00 e. The number of aromatic nitrogens is 1. The van der Waals surface area contributed by atoms with Crippen molar-refractivity contribution in [3.05, 3.63) is 80.6 Å². The zero-order valence-electron chi connectivity index (χ0n) is 22.3. The van der Waals surface area contributed by atoms with Crippen LogP contribution in [0.3, 0.4) is 0 Å². The molecule has 0 atom stereocenters. The van der Waals surface area contributed by atoms with Gasteiger partial charge in [0.1, 0.15) is 0 Å². The Balaban J connectivity index is 0.000000351. The summed E-state index contributed by atoms with van der Waals surface area (Å²) in [5.74, 6) is -1.08. The molecule has 3 aromatic rings. The van der Waals surface area contributed by atoms with Gasteiger partial charge in [-0.3, -0.25) is 9.98 Å². The smallest absolute Gasteiger partial charge is 0.873 e. The molecule has 0 N–H and O–H groups in total. The van der Waals surface area contributed by atoms with Crippen molar-refractivity contribution in [2.24, 2.45) is 4.99 Å². The van der Waals surface area contributed by atoms with Crippen molar-refractivity contribution in [3.8, 4) is 11.5 Å². The van der Waals surface area contributed by atoms with Gasteiger partial charge >= 0.3 is 16.5 Å². The molecule has 1 heterocycles. The van der Waals surface area contributed by atoms with Gasteiger partial charge in [-0.25, -0.2) is 0 Å². The third-order valence-corrected chi connectivity index (χ3v) is 6.40. The molecule has 0 aliphatic rings. The fourth-order valence-electron chi connectivity index (χ4n) is 3.77. The normalized spacial score (nSPS) is 11.9. The van der Waals surface area contributed by atoms with Gasteiger partial charge in [0.25, 0.3) is 0 Å². The first-order chi connectivity index (χ1) is 16.1. The number of halogens is 2. The topological polar surface area (TPSA) is 71.4 Å². The fourth-order valence-corrected chi connectivity index (χ4v) is 4.70. The summed E-state index contributed by atoms with van der Waals surface area (Å²) >= 11 is 12.4. The summed E-state index contributed by atoms with van der Waals surface area (Å²) in [4.78, 5) is 8.99. The molecule has 36 heavy (non-hydrogen) atoms. The number of rotatable bonds is 2. The van der Waals surface area contributed by atoms with Crippen LogP contribution in [0.5, 0.6) is 11.5 Å². The van der Waals surface area contributed by atoms with E-state index in [0.717, 1.165) is 17.1 Å². The summed E-state index contributed by atoms with van der Waals surface area (Å²) in [6.07, 6.45) is 1.79. The molecule has 7 heteroatoms. The Labute approximate surface area is 235 Å². The summed E-state index contributed by atoms with van der Waals surface area (Å²) < 4.78 is 0. The number of aliphatic imine (C=N–C) groups is 1. The number of para-hydroxylation sites is 1. The Bertz CT molecular complexity index is 1130. The molecule has 2 aromatic carbocycles. The molecule has 4 nitrogen and oxygen atoms in total. The molecule has 0 aliphatic heterocycles. The number of nitrogens with zero attached hydrogens (tertiary/aromatic N) is 2. The second kappa shape index (κ2) is 12.5. The van der Waals surface area contributed by atoms with E-state index >= 15 is 0 Å². The molecule has 0 unspecified atom stereocenters. The Hall–Kier alpha value is -2.07. The minimum Gasteiger partial charge on any atom is -0.873 e. The molecule has 0 fully saturated rings. The van der Waals surface area contributed by atoms with Gasteiger partial charge < -0.3 is 10.2 Å². The van der Waals surface area contributed by atoms with Gasteiger partial charge in [0.05, 0.1) is 27.1 Å². The maximum atomic E-state index is 12.2.